The van der Waals surface area contributed by atoms with Gasteiger partial charge in [0.2, 0.25) is 0 Å². The van der Waals surface area contributed by atoms with Crippen molar-refractivity contribution in [2.45, 2.75) is 42.0 Å². The van der Waals surface area contributed by atoms with Crippen molar-refractivity contribution >= 4 is 27.0 Å². The van der Waals surface area contributed by atoms with Crippen LogP contribution >= 0.6 is 11.3 Å². The maximum absolute atomic E-state index is 13.3. The molecule has 1 N–H and O–H groups in total. The lowest BCUT2D eigenvalue weighted by Crippen LogP contribution is -2.59. The molecule has 2 fully saturated rings. The highest BCUT2D eigenvalue weighted by Gasteiger charge is 2.51. The van der Waals surface area contributed by atoms with E-state index in [1.807, 2.05) is 11.8 Å². The van der Waals surface area contributed by atoms with Crippen molar-refractivity contribution < 1.29 is 31.4 Å². The van der Waals surface area contributed by atoms with Gasteiger partial charge >= 0.3 is 6.18 Å². The summed E-state index contributed by atoms with van der Waals surface area (Å²) >= 11 is 1.18. The molecule has 0 radical (unpaired) electrons. The minimum absolute atomic E-state index is 0.0654. The molecule has 0 bridgehead atoms. The largest absolute Gasteiger partial charge is 0.421 e. The van der Waals surface area contributed by atoms with E-state index in [0.717, 1.165) is 20.0 Å². The molecule has 1 aromatic heterocycles. The molecule has 0 saturated carbocycles. The van der Waals surface area contributed by atoms with Gasteiger partial charge in [0.05, 0.1) is 18.8 Å². The minimum Gasteiger partial charge on any atom is -0.376 e. The van der Waals surface area contributed by atoms with Gasteiger partial charge in [-0.3, -0.25) is 4.90 Å². The quantitative estimate of drug-likeness (QED) is 0.615. The number of hydrogen-bond donors (Lipinski definition) is 1. The normalized spacial score (nSPS) is 24.9. The maximum atomic E-state index is 13.3. The molecule has 3 atom stereocenters. The van der Waals surface area contributed by atoms with E-state index < -0.39 is 21.8 Å². The van der Waals surface area contributed by atoms with Crippen LogP contribution in [0.5, 0.6) is 0 Å². The van der Waals surface area contributed by atoms with Crippen LogP contribution in [0, 0.1) is 0 Å². The van der Waals surface area contributed by atoms with Crippen molar-refractivity contribution in [3.05, 3.63) is 47.3 Å². The topological polar surface area (TPSA) is 73.3 Å². The number of piperazine rings is 1. The molecule has 2 aliphatic rings. The van der Waals surface area contributed by atoms with Crippen molar-refractivity contribution in [1.82, 2.24) is 9.21 Å². The summed E-state index contributed by atoms with van der Waals surface area (Å²) in [5, 5.41) is 11.7. The molecule has 1 aromatic carbocycles. The molecular formula is C23H30F3N3O4S2. The van der Waals surface area contributed by atoms with Crippen LogP contribution in [0.1, 0.15) is 19.4 Å². The highest BCUT2D eigenvalue weighted by atomic mass is 32.2. The molecule has 0 amide bonds. The van der Waals surface area contributed by atoms with E-state index in [-0.39, 0.29) is 30.8 Å². The number of anilines is 1. The number of hydrogen-bond acceptors (Lipinski definition) is 7. The van der Waals surface area contributed by atoms with Crippen molar-refractivity contribution in [2.75, 3.05) is 50.8 Å². The smallest absolute Gasteiger partial charge is 0.376 e. The van der Waals surface area contributed by atoms with Crippen molar-refractivity contribution in [3.63, 3.8) is 0 Å². The lowest BCUT2D eigenvalue weighted by molar-refractivity contribution is -0.258. The second kappa shape index (κ2) is 9.98. The molecule has 35 heavy (non-hydrogen) atoms. The first-order valence-electron chi connectivity index (χ1n) is 11.4. The number of benzene rings is 1. The van der Waals surface area contributed by atoms with E-state index in [1.54, 1.807) is 29.6 Å². The number of morpholine rings is 1. The van der Waals surface area contributed by atoms with Crippen LogP contribution in [-0.2, 0) is 20.4 Å². The van der Waals surface area contributed by atoms with E-state index in [1.165, 1.54) is 27.8 Å². The Morgan fingerprint density at radius 1 is 1.11 bits per heavy atom. The number of nitrogens with zero attached hydrogens (tertiary/aromatic N) is 3. The highest BCUT2D eigenvalue weighted by molar-refractivity contribution is 7.91. The molecule has 2 saturated heterocycles. The average molecular weight is 534 g/mol. The van der Waals surface area contributed by atoms with Gasteiger partial charge < -0.3 is 14.7 Å². The summed E-state index contributed by atoms with van der Waals surface area (Å²) in [5.41, 5.74) is -2.51. The predicted octanol–water partition coefficient (Wildman–Crippen LogP) is 3.12. The highest BCUT2D eigenvalue weighted by Crippen LogP contribution is 2.39. The number of thiophene rings is 1. The molecule has 12 heteroatoms. The second-order valence-electron chi connectivity index (χ2n) is 9.20. The van der Waals surface area contributed by atoms with Gasteiger partial charge in [0.15, 0.2) is 5.60 Å². The molecule has 7 nitrogen and oxygen atoms in total. The lowest BCUT2D eigenvalue weighted by Gasteiger charge is -2.45. The van der Waals surface area contributed by atoms with Crippen molar-refractivity contribution in [1.29, 1.82) is 0 Å². The fourth-order valence-corrected chi connectivity index (χ4v) is 7.19. The Morgan fingerprint density at radius 2 is 1.83 bits per heavy atom. The molecular weight excluding hydrogens is 503 g/mol. The average Bonchev–Trinajstić information content (AvgIpc) is 3.34. The van der Waals surface area contributed by atoms with Gasteiger partial charge in [-0.05, 0) is 43.0 Å². The van der Waals surface area contributed by atoms with Crippen LogP contribution in [0.15, 0.2) is 46.0 Å². The Bertz CT molecular complexity index is 1090. The van der Waals surface area contributed by atoms with E-state index in [0.29, 0.717) is 29.6 Å². The van der Waals surface area contributed by atoms with E-state index in [4.69, 9.17) is 4.74 Å². The first-order chi connectivity index (χ1) is 16.4. The summed E-state index contributed by atoms with van der Waals surface area (Å²) in [6.07, 6.45) is -4.73. The Hall–Kier alpha value is -1.70. The van der Waals surface area contributed by atoms with Crippen LogP contribution in [0.4, 0.5) is 18.9 Å². The summed E-state index contributed by atoms with van der Waals surface area (Å²) in [6.45, 7) is 6.26. The summed E-state index contributed by atoms with van der Waals surface area (Å²) in [4.78, 5) is 4.28. The molecule has 3 heterocycles. The SMILES string of the molecule is C[C@@H]1CN(C[C@H]2CN(S(=O)(=O)c3cccs3)CCN2c2ccc([C@](C)(O)C(F)(F)F)cc2)CCO1. The van der Waals surface area contributed by atoms with E-state index >= 15 is 0 Å². The fraction of sp³-hybridized carbons (Fsp3) is 0.565. The van der Waals surface area contributed by atoms with Gasteiger partial charge in [0.1, 0.15) is 4.21 Å². The van der Waals surface area contributed by atoms with Crippen molar-refractivity contribution in [3.8, 4) is 0 Å². The van der Waals surface area contributed by atoms with Crippen LogP contribution in [-0.4, -0.2) is 86.9 Å². The third-order valence-electron chi connectivity index (χ3n) is 6.64. The Kier molecular flexibility index (Phi) is 7.52. The van der Waals surface area contributed by atoms with E-state index in [9.17, 15) is 26.7 Å². The number of rotatable bonds is 6. The standard InChI is InChI=1S/C23H30F3N3O4S2/c1-17-14-27(11-12-33-17)15-20-16-28(35(31,32)21-4-3-13-34-21)9-10-29(20)19-7-5-18(6-8-19)22(2,30)23(24,25)26/h3-8,13,17,20,30H,9-12,14-16H2,1-2H3/t17-,20+,22+/m1/s1. The van der Waals surface area contributed by atoms with E-state index in [2.05, 4.69) is 4.90 Å². The number of ether oxygens (including phenoxy) is 1. The first kappa shape index (κ1) is 26.4. The summed E-state index contributed by atoms with van der Waals surface area (Å²) in [5.74, 6) is 0. The van der Waals surface area contributed by atoms with Gasteiger partial charge in [-0.25, -0.2) is 8.42 Å². The predicted molar refractivity (Wildman–Crippen MR) is 128 cm³/mol. The summed E-state index contributed by atoms with van der Waals surface area (Å²) < 4.78 is 73.6. The maximum Gasteiger partial charge on any atom is 0.421 e. The molecule has 2 aromatic rings. The van der Waals surface area contributed by atoms with Crippen LogP contribution in [0.2, 0.25) is 0 Å². The number of aliphatic hydroxyl groups is 1. The number of alkyl halides is 3. The number of halogens is 3. The van der Waals surface area contributed by atoms with Crippen LogP contribution in [0.25, 0.3) is 0 Å². The third-order valence-corrected chi connectivity index (χ3v) is 9.88. The fourth-order valence-electron chi connectivity index (χ4n) is 4.57. The zero-order valence-corrected chi connectivity index (χ0v) is 21.2. The molecule has 2 aliphatic heterocycles. The summed E-state index contributed by atoms with van der Waals surface area (Å²) in [6, 6.07) is 8.78. The minimum atomic E-state index is -4.80. The molecule has 0 unspecified atom stereocenters. The zero-order chi connectivity index (χ0) is 25.4. The van der Waals surface area contributed by atoms with Crippen molar-refractivity contribution in [2.24, 2.45) is 0 Å². The van der Waals surface area contributed by atoms with Gasteiger partial charge in [-0.2, -0.15) is 17.5 Å². The Labute approximate surface area is 207 Å². The summed E-state index contributed by atoms with van der Waals surface area (Å²) in [7, 11) is -3.63. The zero-order valence-electron chi connectivity index (χ0n) is 19.6. The molecule has 0 aliphatic carbocycles. The van der Waals surface area contributed by atoms with Gasteiger partial charge in [0, 0.05) is 45.0 Å². The van der Waals surface area contributed by atoms with Gasteiger partial charge in [-0.1, -0.05) is 18.2 Å². The van der Waals surface area contributed by atoms with Crippen LogP contribution in [0.3, 0.4) is 0 Å². The lowest BCUT2D eigenvalue weighted by atomic mass is 9.95. The Morgan fingerprint density at radius 3 is 2.43 bits per heavy atom. The molecule has 4 rings (SSSR count). The molecule has 0 spiro atoms. The molecule has 194 valence electrons. The Balaban J connectivity index is 1.59. The van der Waals surface area contributed by atoms with Crippen LogP contribution < -0.4 is 4.90 Å². The monoisotopic (exact) mass is 533 g/mol. The van der Waals surface area contributed by atoms with Gasteiger partial charge in [-0.15, -0.1) is 11.3 Å². The number of sulfonamides is 1. The third kappa shape index (κ3) is 5.52. The second-order valence-corrected chi connectivity index (χ2v) is 12.3. The first-order valence-corrected chi connectivity index (χ1v) is 13.8. The van der Waals surface area contributed by atoms with Gasteiger partial charge in [0.25, 0.3) is 10.0 Å².